The van der Waals surface area contributed by atoms with Crippen LogP contribution in [0, 0.1) is 5.82 Å². The number of carbonyl (C=O) groups is 1. The second-order valence-corrected chi connectivity index (χ2v) is 4.96. The van der Waals surface area contributed by atoms with Gasteiger partial charge < -0.3 is 4.90 Å². The zero-order valence-corrected chi connectivity index (χ0v) is 10.9. The van der Waals surface area contributed by atoms with Crippen molar-refractivity contribution in [1.82, 2.24) is 4.90 Å². The molecule has 2 nitrogen and oxygen atoms in total. The van der Waals surface area contributed by atoms with Gasteiger partial charge in [-0.25, -0.2) is 4.39 Å². The Labute approximate surface area is 108 Å². The summed E-state index contributed by atoms with van der Waals surface area (Å²) >= 11 is 0. The smallest absolute Gasteiger partial charge is 0.222 e. The molecule has 1 saturated heterocycles. The van der Waals surface area contributed by atoms with Gasteiger partial charge in [-0.15, -0.1) is 0 Å². The molecule has 1 heterocycles. The fourth-order valence-electron chi connectivity index (χ4n) is 2.63. The Bertz CT molecular complexity index is 401. The van der Waals surface area contributed by atoms with E-state index in [1.165, 1.54) is 12.1 Å². The van der Waals surface area contributed by atoms with Crippen LogP contribution >= 0.6 is 0 Å². The molecule has 1 aliphatic heterocycles. The molecule has 1 atom stereocenters. The van der Waals surface area contributed by atoms with Crippen LogP contribution in [0.15, 0.2) is 24.3 Å². The van der Waals surface area contributed by atoms with Crippen LogP contribution in [0.3, 0.4) is 0 Å². The molecule has 18 heavy (non-hydrogen) atoms. The number of hydrogen-bond acceptors (Lipinski definition) is 1. The summed E-state index contributed by atoms with van der Waals surface area (Å²) in [5, 5.41) is 0. The minimum atomic E-state index is -0.205. The van der Waals surface area contributed by atoms with Crippen molar-refractivity contribution in [2.75, 3.05) is 6.54 Å². The lowest BCUT2D eigenvalue weighted by Gasteiger charge is -2.24. The van der Waals surface area contributed by atoms with Gasteiger partial charge in [0.2, 0.25) is 5.91 Å². The maximum Gasteiger partial charge on any atom is 0.222 e. The zero-order valence-electron chi connectivity index (χ0n) is 10.9. The summed E-state index contributed by atoms with van der Waals surface area (Å²) in [5.41, 5.74) is 1.11. The van der Waals surface area contributed by atoms with Crippen molar-refractivity contribution in [2.45, 2.75) is 45.1 Å². The quantitative estimate of drug-likeness (QED) is 0.802. The van der Waals surface area contributed by atoms with E-state index in [1.807, 2.05) is 24.0 Å². The average Bonchev–Trinajstić information content (AvgIpc) is 2.81. The van der Waals surface area contributed by atoms with Crippen molar-refractivity contribution in [3.63, 3.8) is 0 Å². The van der Waals surface area contributed by atoms with Crippen LogP contribution in [0.25, 0.3) is 0 Å². The molecule has 1 aromatic carbocycles. The third-order valence-corrected chi connectivity index (χ3v) is 3.55. The second kappa shape index (κ2) is 5.98. The highest BCUT2D eigenvalue weighted by molar-refractivity contribution is 5.76. The summed E-state index contributed by atoms with van der Waals surface area (Å²) in [6.45, 7) is 2.91. The minimum Gasteiger partial charge on any atom is -0.339 e. The summed E-state index contributed by atoms with van der Waals surface area (Å²) in [6.07, 6.45) is 4.53. The van der Waals surface area contributed by atoms with E-state index >= 15 is 0 Å². The molecule has 1 unspecified atom stereocenters. The summed E-state index contributed by atoms with van der Waals surface area (Å²) < 4.78 is 12.8. The lowest BCUT2D eigenvalue weighted by Crippen LogP contribution is -2.36. The lowest BCUT2D eigenvalue weighted by molar-refractivity contribution is -0.132. The summed E-state index contributed by atoms with van der Waals surface area (Å²) in [6, 6.07) is 6.91. The Hall–Kier alpha value is -1.38. The highest BCUT2D eigenvalue weighted by Crippen LogP contribution is 2.22. The Morgan fingerprint density at radius 1 is 1.39 bits per heavy atom. The van der Waals surface area contributed by atoms with Crippen LogP contribution in [-0.4, -0.2) is 23.4 Å². The molecule has 0 saturated carbocycles. The highest BCUT2D eigenvalue weighted by Gasteiger charge is 2.27. The predicted octanol–water partition coefficient (Wildman–Crippen LogP) is 3.16. The fourth-order valence-corrected chi connectivity index (χ4v) is 2.63. The summed E-state index contributed by atoms with van der Waals surface area (Å²) in [7, 11) is 0. The SMILES string of the molecule is CCCC(=O)N1CCCC1Cc1ccc(F)cc1. The first kappa shape index (κ1) is 13.1. The van der Waals surface area contributed by atoms with Gasteiger partial charge in [-0.05, 0) is 43.4 Å². The van der Waals surface area contributed by atoms with Crippen LogP contribution in [0.5, 0.6) is 0 Å². The van der Waals surface area contributed by atoms with Crippen molar-refractivity contribution >= 4 is 5.91 Å². The van der Waals surface area contributed by atoms with Gasteiger partial charge in [0.05, 0.1) is 0 Å². The predicted molar refractivity (Wildman–Crippen MR) is 69.7 cm³/mol. The maximum absolute atomic E-state index is 12.8. The van der Waals surface area contributed by atoms with E-state index < -0.39 is 0 Å². The summed E-state index contributed by atoms with van der Waals surface area (Å²) in [5.74, 6) is 0.0613. The van der Waals surface area contributed by atoms with E-state index in [4.69, 9.17) is 0 Å². The molecule has 1 aliphatic rings. The Balaban J connectivity index is 1.99. The average molecular weight is 249 g/mol. The number of rotatable bonds is 4. The molecule has 1 aromatic rings. The number of amides is 1. The third-order valence-electron chi connectivity index (χ3n) is 3.55. The topological polar surface area (TPSA) is 20.3 Å². The van der Waals surface area contributed by atoms with Gasteiger partial charge in [-0.3, -0.25) is 4.79 Å². The van der Waals surface area contributed by atoms with Crippen LogP contribution in [0.2, 0.25) is 0 Å². The summed E-state index contributed by atoms with van der Waals surface area (Å²) in [4.78, 5) is 14.0. The number of hydrogen-bond donors (Lipinski definition) is 0. The van der Waals surface area contributed by atoms with Gasteiger partial charge in [-0.2, -0.15) is 0 Å². The molecule has 0 aliphatic carbocycles. The van der Waals surface area contributed by atoms with E-state index in [2.05, 4.69) is 0 Å². The molecule has 98 valence electrons. The third kappa shape index (κ3) is 3.09. The van der Waals surface area contributed by atoms with Crippen molar-refractivity contribution in [1.29, 1.82) is 0 Å². The largest absolute Gasteiger partial charge is 0.339 e. The van der Waals surface area contributed by atoms with Crippen LogP contribution in [0.1, 0.15) is 38.2 Å². The second-order valence-electron chi connectivity index (χ2n) is 4.96. The zero-order chi connectivity index (χ0) is 13.0. The molecule has 0 N–H and O–H groups in total. The van der Waals surface area contributed by atoms with Crippen LogP contribution < -0.4 is 0 Å². The first-order chi connectivity index (χ1) is 8.70. The monoisotopic (exact) mass is 249 g/mol. The van der Waals surface area contributed by atoms with E-state index in [9.17, 15) is 9.18 Å². The maximum atomic E-state index is 12.8. The van der Waals surface area contributed by atoms with Gasteiger partial charge >= 0.3 is 0 Å². The van der Waals surface area contributed by atoms with E-state index in [0.29, 0.717) is 12.5 Å². The Morgan fingerprint density at radius 3 is 2.78 bits per heavy atom. The number of carbonyl (C=O) groups excluding carboxylic acids is 1. The number of likely N-dealkylation sites (tertiary alicyclic amines) is 1. The Kier molecular flexibility index (Phi) is 4.34. The highest BCUT2D eigenvalue weighted by atomic mass is 19.1. The normalized spacial score (nSPS) is 19.2. The van der Waals surface area contributed by atoms with Crippen molar-refractivity contribution < 1.29 is 9.18 Å². The standard InChI is InChI=1S/C15H20FNO/c1-2-4-15(18)17-10-3-5-14(17)11-12-6-8-13(16)9-7-12/h6-9,14H,2-5,10-11H2,1H3. The van der Waals surface area contributed by atoms with Crippen molar-refractivity contribution in [3.8, 4) is 0 Å². The Morgan fingerprint density at radius 2 is 2.11 bits per heavy atom. The van der Waals surface area contributed by atoms with E-state index in [1.54, 1.807) is 0 Å². The molecular formula is C15H20FNO. The van der Waals surface area contributed by atoms with Crippen LogP contribution in [-0.2, 0) is 11.2 Å². The first-order valence-electron chi connectivity index (χ1n) is 6.74. The van der Waals surface area contributed by atoms with Gasteiger partial charge in [0.25, 0.3) is 0 Å². The molecule has 2 rings (SSSR count). The van der Waals surface area contributed by atoms with Crippen molar-refractivity contribution in [3.05, 3.63) is 35.6 Å². The van der Waals surface area contributed by atoms with Crippen molar-refractivity contribution in [2.24, 2.45) is 0 Å². The van der Waals surface area contributed by atoms with Crippen LogP contribution in [0.4, 0.5) is 4.39 Å². The van der Waals surface area contributed by atoms with Gasteiger partial charge in [0.1, 0.15) is 5.82 Å². The number of benzene rings is 1. The van der Waals surface area contributed by atoms with Gasteiger partial charge in [0, 0.05) is 19.0 Å². The minimum absolute atomic E-state index is 0.205. The first-order valence-corrected chi connectivity index (χ1v) is 6.74. The molecule has 0 aromatic heterocycles. The molecular weight excluding hydrogens is 229 g/mol. The molecule has 3 heteroatoms. The molecule has 0 radical (unpaired) electrons. The molecule has 1 amide bonds. The fraction of sp³-hybridized carbons (Fsp3) is 0.533. The van der Waals surface area contributed by atoms with Gasteiger partial charge in [-0.1, -0.05) is 19.1 Å². The van der Waals surface area contributed by atoms with E-state index in [0.717, 1.165) is 37.8 Å². The number of halogens is 1. The lowest BCUT2D eigenvalue weighted by atomic mass is 10.0. The molecule has 1 fully saturated rings. The number of nitrogens with zero attached hydrogens (tertiary/aromatic N) is 1. The molecule has 0 spiro atoms. The van der Waals surface area contributed by atoms with Gasteiger partial charge in [0.15, 0.2) is 0 Å². The molecule has 0 bridgehead atoms. The van der Waals surface area contributed by atoms with E-state index in [-0.39, 0.29) is 11.7 Å².